The average Bonchev–Trinajstić information content (AvgIpc) is 2.36. The van der Waals surface area contributed by atoms with Crippen molar-refractivity contribution in [3.63, 3.8) is 0 Å². The van der Waals surface area contributed by atoms with E-state index in [-0.39, 0.29) is 6.03 Å². The van der Waals surface area contributed by atoms with Crippen molar-refractivity contribution >= 4 is 12.0 Å². The fourth-order valence-electron chi connectivity index (χ4n) is 1.09. The van der Waals surface area contributed by atoms with Crippen LogP contribution in [0.5, 0.6) is 0 Å². The Kier molecular flexibility index (Phi) is 2.52. The van der Waals surface area contributed by atoms with Crippen LogP contribution in [0.4, 0.5) is 4.79 Å². The summed E-state index contributed by atoms with van der Waals surface area (Å²) < 4.78 is 0. The van der Waals surface area contributed by atoms with E-state index in [1.54, 1.807) is 6.92 Å². The number of carboxylic acid groups (broad SMARTS) is 1. The molecule has 1 aliphatic rings. The predicted octanol–water partition coefficient (Wildman–Crippen LogP) is -0.268. The van der Waals surface area contributed by atoms with E-state index < -0.39 is 11.9 Å². The van der Waals surface area contributed by atoms with Gasteiger partial charge in [0.15, 0.2) is 0 Å². The number of aliphatic carboxylic acids is 1. The molecule has 0 saturated carbocycles. The number of carbonyl (C=O) groups is 2. The third-order valence-electron chi connectivity index (χ3n) is 1.86. The van der Waals surface area contributed by atoms with Crippen LogP contribution in [-0.4, -0.2) is 41.6 Å². The highest BCUT2D eigenvalue weighted by atomic mass is 16.4. The molecule has 0 aliphatic carbocycles. The van der Waals surface area contributed by atoms with Crippen molar-refractivity contribution in [2.45, 2.75) is 6.92 Å². The van der Waals surface area contributed by atoms with Crippen molar-refractivity contribution in [1.82, 2.24) is 10.2 Å². The summed E-state index contributed by atoms with van der Waals surface area (Å²) in [6.07, 6.45) is 0. The normalized spacial score (nSPS) is 19.1. The second-order valence-corrected chi connectivity index (χ2v) is 2.92. The van der Waals surface area contributed by atoms with Crippen molar-refractivity contribution in [3.05, 3.63) is 0 Å². The molecule has 12 heavy (non-hydrogen) atoms. The lowest BCUT2D eigenvalue weighted by Gasteiger charge is -2.16. The number of urea groups is 1. The van der Waals surface area contributed by atoms with Gasteiger partial charge in [-0.25, -0.2) is 4.79 Å². The van der Waals surface area contributed by atoms with E-state index in [0.29, 0.717) is 19.6 Å². The lowest BCUT2D eigenvalue weighted by atomic mass is 10.2. The minimum absolute atomic E-state index is 0.164. The molecule has 0 bridgehead atoms. The standard InChI is InChI=1S/C7H12N2O3/c1-5(6(10)11)4-9-3-2-8-7(9)12/h5H,2-4H2,1H3,(H,8,12)(H,10,11). The van der Waals surface area contributed by atoms with Gasteiger partial charge in [0.05, 0.1) is 5.92 Å². The zero-order chi connectivity index (χ0) is 9.14. The Hall–Kier alpha value is -1.26. The summed E-state index contributed by atoms with van der Waals surface area (Å²) in [4.78, 5) is 22.9. The number of hydrogen-bond acceptors (Lipinski definition) is 2. The summed E-state index contributed by atoms with van der Waals surface area (Å²) >= 11 is 0. The van der Waals surface area contributed by atoms with Crippen LogP contribution in [0, 0.1) is 5.92 Å². The van der Waals surface area contributed by atoms with Gasteiger partial charge in [-0.1, -0.05) is 6.92 Å². The fourth-order valence-corrected chi connectivity index (χ4v) is 1.09. The summed E-state index contributed by atoms with van der Waals surface area (Å²) in [6.45, 7) is 3.11. The summed E-state index contributed by atoms with van der Waals surface area (Å²) in [5, 5.41) is 11.2. The summed E-state index contributed by atoms with van der Waals surface area (Å²) in [5.41, 5.74) is 0. The van der Waals surface area contributed by atoms with Crippen molar-refractivity contribution in [2.75, 3.05) is 19.6 Å². The van der Waals surface area contributed by atoms with Crippen LogP contribution in [0.3, 0.4) is 0 Å². The molecule has 0 aromatic rings. The van der Waals surface area contributed by atoms with Gasteiger partial charge in [-0.2, -0.15) is 0 Å². The Morgan fingerprint density at radius 2 is 2.50 bits per heavy atom. The fraction of sp³-hybridized carbons (Fsp3) is 0.714. The summed E-state index contributed by atoms with van der Waals surface area (Å²) in [6, 6.07) is -0.164. The minimum Gasteiger partial charge on any atom is -0.481 e. The van der Waals surface area contributed by atoms with Gasteiger partial charge < -0.3 is 15.3 Å². The maximum Gasteiger partial charge on any atom is 0.317 e. The highest BCUT2D eigenvalue weighted by molar-refractivity contribution is 5.77. The molecule has 2 amide bonds. The highest BCUT2D eigenvalue weighted by Crippen LogP contribution is 2.03. The Labute approximate surface area is 70.4 Å². The van der Waals surface area contributed by atoms with Gasteiger partial charge in [-0.05, 0) is 0 Å². The molecule has 1 saturated heterocycles. The second-order valence-electron chi connectivity index (χ2n) is 2.92. The van der Waals surface area contributed by atoms with Crippen LogP contribution in [0.2, 0.25) is 0 Å². The van der Waals surface area contributed by atoms with E-state index in [2.05, 4.69) is 5.32 Å². The van der Waals surface area contributed by atoms with E-state index in [0.717, 1.165) is 0 Å². The molecule has 68 valence electrons. The Morgan fingerprint density at radius 1 is 1.83 bits per heavy atom. The number of amides is 2. The van der Waals surface area contributed by atoms with Crippen molar-refractivity contribution < 1.29 is 14.7 Å². The SMILES string of the molecule is CC(CN1CCNC1=O)C(=O)O. The van der Waals surface area contributed by atoms with Gasteiger partial charge in [-0.3, -0.25) is 4.79 Å². The number of nitrogens with one attached hydrogen (secondary N) is 1. The lowest BCUT2D eigenvalue weighted by molar-refractivity contribution is -0.141. The minimum atomic E-state index is -0.866. The highest BCUT2D eigenvalue weighted by Gasteiger charge is 2.23. The van der Waals surface area contributed by atoms with E-state index in [9.17, 15) is 9.59 Å². The molecule has 1 rings (SSSR count). The molecule has 0 spiro atoms. The first-order valence-corrected chi connectivity index (χ1v) is 3.87. The van der Waals surface area contributed by atoms with Crippen LogP contribution >= 0.6 is 0 Å². The molecule has 1 atom stereocenters. The van der Waals surface area contributed by atoms with Gasteiger partial charge in [0.1, 0.15) is 0 Å². The molecule has 0 aromatic carbocycles. The number of carboxylic acids is 1. The van der Waals surface area contributed by atoms with Crippen LogP contribution < -0.4 is 5.32 Å². The van der Waals surface area contributed by atoms with Crippen LogP contribution in [0.25, 0.3) is 0 Å². The van der Waals surface area contributed by atoms with Crippen molar-refractivity contribution in [1.29, 1.82) is 0 Å². The van der Waals surface area contributed by atoms with Crippen molar-refractivity contribution in [2.24, 2.45) is 5.92 Å². The largest absolute Gasteiger partial charge is 0.481 e. The second kappa shape index (κ2) is 3.42. The van der Waals surface area contributed by atoms with Crippen LogP contribution in [-0.2, 0) is 4.79 Å². The maximum atomic E-state index is 11.0. The molecule has 2 N–H and O–H groups in total. The average molecular weight is 172 g/mol. The van der Waals surface area contributed by atoms with Gasteiger partial charge in [0, 0.05) is 19.6 Å². The van der Waals surface area contributed by atoms with E-state index >= 15 is 0 Å². The van der Waals surface area contributed by atoms with E-state index in [4.69, 9.17) is 5.11 Å². The first-order valence-electron chi connectivity index (χ1n) is 3.87. The molecular formula is C7H12N2O3. The molecular weight excluding hydrogens is 160 g/mol. The summed E-state index contributed by atoms with van der Waals surface area (Å²) in [5.74, 6) is -1.36. The predicted molar refractivity (Wildman–Crippen MR) is 41.8 cm³/mol. The Bertz CT molecular complexity index is 205. The number of rotatable bonds is 3. The van der Waals surface area contributed by atoms with Gasteiger partial charge in [0.2, 0.25) is 0 Å². The van der Waals surface area contributed by atoms with E-state index in [1.165, 1.54) is 4.90 Å². The zero-order valence-electron chi connectivity index (χ0n) is 6.91. The molecule has 1 unspecified atom stereocenters. The number of nitrogens with zero attached hydrogens (tertiary/aromatic N) is 1. The van der Waals surface area contributed by atoms with Crippen molar-refractivity contribution in [3.8, 4) is 0 Å². The third kappa shape index (κ3) is 1.87. The Morgan fingerprint density at radius 3 is 2.92 bits per heavy atom. The van der Waals surface area contributed by atoms with E-state index in [1.807, 2.05) is 0 Å². The van der Waals surface area contributed by atoms with Crippen LogP contribution in [0.1, 0.15) is 6.92 Å². The molecule has 1 aliphatic heterocycles. The molecule has 5 nitrogen and oxygen atoms in total. The third-order valence-corrected chi connectivity index (χ3v) is 1.86. The Balaban J connectivity index is 2.40. The number of hydrogen-bond donors (Lipinski definition) is 2. The van der Waals surface area contributed by atoms with Gasteiger partial charge in [-0.15, -0.1) is 0 Å². The summed E-state index contributed by atoms with van der Waals surface area (Å²) in [7, 11) is 0. The number of carbonyl (C=O) groups excluding carboxylic acids is 1. The topological polar surface area (TPSA) is 69.6 Å². The molecule has 0 aromatic heterocycles. The lowest BCUT2D eigenvalue weighted by Crippen LogP contribution is -2.34. The first kappa shape index (κ1) is 8.83. The molecule has 1 heterocycles. The van der Waals surface area contributed by atoms with Gasteiger partial charge in [0.25, 0.3) is 0 Å². The maximum absolute atomic E-state index is 11.0. The van der Waals surface area contributed by atoms with Gasteiger partial charge >= 0.3 is 12.0 Å². The molecule has 1 fully saturated rings. The molecule has 0 radical (unpaired) electrons. The van der Waals surface area contributed by atoms with Crippen LogP contribution in [0.15, 0.2) is 0 Å². The zero-order valence-corrected chi connectivity index (χ0v) is 6.91. The smallest absolute Gasteiger partial charge is 0.317 e. The first-order chi connectivity index (χ1) is 5.61. The monoisotopic (exact) mass is 172 g/mol. The quantitative estimate of drug-likeness (QED) is 0.615. The molecule has 5 heteroatoms.